The predicted molar refractivity (Wildman–Crippen MR) is 167 cm³/mol. The number of aromatic nitrogens is 4. The third-order valence-corrected chi connectivity index (χ3v) is 7.02. The van der Waals surface area contributed by atoms with Gasteiger partial charge in [0.1, 0.15) is 11.6 Å². The molecule has 0 fully saturated rings. The zero-order chi connectivity index (χ0) is 28.5. The lowest BCUT2D eigenvalue weighted by molar-refractivity contribution is -0.111. The average Bonchev–Trinajstić information content (AvgIpc) is 3.64. The highest BCUT2D eigenvalue weighted by molar-refractivity contribution is 6.08. The molecule has 0 atom stereocenters. The van der Waals surface area contributed by atoms with E-state index < -0.39 is 0 Å². The standard InChI is InChI=1S/C34H24N6O2/c41-31-7-3-1-5-23(31)19-35-25-13-15-27-29(17-25)39-33(37-27)21-9-11-22(12-10-21)34-38-28-16-14-26(18-30(28)40-34)36-20-24-6-2-4-8-32(24)42/h1-20,35-36H,(H,37,39)(H,38,40). The van der Waals surface area contributed by atoms with E-state index in [9.17, 15) is 9.59 Å². The van der Waals surface area contributed by atoms with Crippen LogP contribution in [-0.2, 0) is 9.59 Å². The van der Waals surface area contributed by atoms with Crippen molar-refractivity contribution in [1.82, 2.24) is 19.9 Å². The fourth-order valence-electron chi connectivity index (χ4n) is 4.78. The normalized spacial score (nSPS) is 16.4. The van der Waals surface area contributed by atoms with Crippen molar-refractivity contribution in [2.45, 2.75) is 0 Å². The Morgan fingerprint density at radius 3 is 1.40 bits per heavy atom. The predicted octanol–water partition coefficient (Wildman–Crippen LogP) is 6.76. The molecule has 0 radical (unpaired) electrons. The number of carbonyl (C=O) groups excluding carboxylic acids is 2. The Morgan fingerprint density at radius 1 is 0.548 bits per heavy atom. The molecule has 7 rings (SSSR count). The maximum absolute atomic E-state index is 12.0. The third kappa shape index (κ3) is 5.00. The minimum Gasteiger partial charge on any atom is -0.361 e. The molecule has 8 heteroatoms. The Labute approximate surface area is 240 Å². The van der Waals surface area contributed by atoms with Gasteiger partial charge in [0.15, 0.2) is 11.6 Å². The number of rotatable bonds is 6. The Morgan fingerprint density at radius 2 is 0.976 bits per heavy atom. The van der Waals surface area contributed by atoms with Gasteiger partial charge in [0.2, 0.25) is 0 Å². The summed E-state index contributed by atoms with van der Waals surface area (Å²) >= 11 is 0. The molecule has 0 bridgehead atoms. The molecular weight excluding hydrogens is 524 g/mol. The first-order valence-corrected chi connectivity index (χ1v) is 13.4. The zero-order valence-electron chi connectivity index (χ0n) is 22.3. The first-order valence-electron chi connectivity index (χ1n) is 13.4. The van der Waals surface area contributed by atoms with Crippen molar-refractivity contribution >= 4 is 45.0 Å². The van der Waals surface area contributed by atoms with Crippen LogP contribution in [0.4, 0.5) is 11.4 Å². The lowest BCUT2D eigenvalue weighted by Crippen LogP contribution is -2.01. The summed E-state index contributed by atoms with van der Waals surface area (Å²) in [7, 11) is 0. The average molecular weight is 549 g/mol. The van der Waals surface area contributed by atoms with Gasteiger partial charge in [-0.25, -0.2) is 9.97 Å². The molecule has 0 amide bonds. The van der Waals surface area contributed by atoms with Crippen LogP contribution in [0.2, 0.25) is 0 Å². The van der Waals surface area contributed by atoms with Crippen molar-refractivity contribution in [2.24, 2.45) is 0 Å². The van der Waals surface area contributed by atoms with E-state index in [1.807, 2.05) is 72.8 Å². The van der Waals surface area contributed by atoms with E-state index in [-0.39, 0.29) is 11.6 Å². The van der Waals surface area contributed by atoms with Gasteiger partial charge in [-0.05, 0) is 60.7 Å². The Bertz CT molecular complexity index is 1920. The molecule has 0 saturated heterocycles. The molecule has 0 aliphatic heterocycles. The SMILES string of the molecule is O=C1C=CC=CC1=CNc1ccc2nc(-c3ccc(-c4nc5ccc(NC=C6C=CC=CC6=O)cc5[nH]4)cc3)[nH]c2c1. The molecule has 2 aromatic heterocycles. The lowest BCUT2D eigenvalue weighted by atomic mass is 10.1. The second-order valence-corrected chi connectivity index (χ2v) is 9.87. The molecule has 2 aliphatic rings. The quantitative estimate of drug-likeness (QED) is 0.174. The van der Waals surface area contributed by atoms with Gasteiger partial charge in [0.25, 0.3) is 0 Å². The molecule has 2 heterocycles. The van der Waals surface area contributed by atoms with E-state index in [1.54, 1.807) is 48.9 Å². The summed E-state index contributed by atoms with van der Waals surface area (Å²) in [5, 5.41) is 6.40. The number of imidazole rings is 2. The number of benzene rings is 3. The molecule has 8 nitrogen and oxygen atoms in total. The molecule has 202 valence electrons. The second-order valence-electron chi connectivity index (χ2n) is 9.87. The summed E-state index contributed by atoms with van der Waals surface area (Å²) in [5.41, 5.74) is 8.29. The molecule has 0 spiro atoms. The van der Waals surface area contributed by atoms with Crippen LogP contribution in [0.1, 0.15) is 0 Å². The maximum Gasteiger partial charge on any atom is 0.187 e. The highest BCUT2D eigenvalue weighted by atomic mass is 16.1. The van der Waals surface area contributed by atoms with E-state index in [2.05, 4.69) is 20.6 Å². The van der Waals surface area contributed by atoms with Crippen LogP contribution in [0.5, 0.6) is 0 Å². The number of carbonyl (C=O) groups is 2. The molecule has 0 saturated carbocycles. The van der Waals surface area contributed by atoms with Gasteiger partial charge in [0.05, 0.1) is 22.1 Å². The van der Waals surface area contributed by atoms with Crippen LogP contribution >= 0.6 is 0 Å². The molecule has 0 unspecified atom stereocenters. The molecular formula is C34H24N6O2. The van der Waals surface area contributed by atoms with E-state index in [4.69, 9.17) is 9.97 Å². The summed E-state index contributed by atoms with van der Waals surface area (Å²) in [4.78, 5) is 40.2. The number of fused-ring (bicyclic) bond motifs is 2. The number of allylic oxidation sites excluding steroid dienone is 10. The topological polar surface area (TPSA) is 116 Å². The maximum atomic E-state index is 12.0. The largest absolute Gasteiger partial charge is 0.361 e. The fourth-order valence-corrected chi connectivity index (χ4v) is 4.78. The molecule has 3 aromatic carbocycles. The third-order valence-electron chi connectivity index (χ3n) is 7.02. The molecule has 42 heavy (non-hydrogen) atoms. The lowest BCUT2D eigenvalue weighted by Gasteiger charge is -2.04. The zero-order valence-corrected chi connectivity index (χ0v) is 22.3. The minimum atomic E-state index is -0.0277. The number of nitrogens with one attached hydrogen (secondary N) is 4. The molecule has 2 aliphatic carbocycles. The first kappa shape index (κ1) is 25.0. The molecule has 5 aromatic rings. The summed E-state index contributed by atoms with van der Waals surface area (Å²) < 4.78 is 0. The highest BCUT2D eigenvalue weighted by Gasteiger charge is 2.11. The Hall–Kier alpha value is -6.02. The Kier molecular flexibility index (Phi) is 6.25. The van der Waals surface area contributed by atoms with Gasteiger partial charge < -0.3 is 20.6 Å². The van der Waals surface area contributed by atoms with Crippen molar-refractivity contribution in [2.75, 3.05) is 10.6 Å². The van der Waals surface area contributed by atoms with Crippen LogP contribution < -0.4 is 10.6 Å². The van der Waals surface area contributed by atoms with Gasteiger partial charge in [-0.2, -0.15) is 0 Å². The van der Waals surface area contributed by atoms with Crippen LogP contribution in [0.15, 0.2) is 133 Å². The smallest absolute Gasteiger partial charge is 0.187 e. The first-order chi connectivity index (χ1) is 20.6. The van der Waals surface area contributed by atoms with Gasteiger partial charge in [-0.3, -0.25) is 9.59 Å². The minimum absolute atomic E-state index is 0.0277. The van der Waals surface area contributed by atoms with Crippen molar-refractivity contribution < 1.29 is 9.59 Å². The van der Waals surface area contributed by atoms with Gasteiger partial charge in [-0.1, -0.05) is 48.6 Å². The highest BCUT2D eigenvalue weighted by Crippen LogP contribution is 2.27. The second kappa shape index (κ2) is 10.5. The van der Waals surface area contributed by atoms with E-state index in [1.165, 1.54) is 0 Å². The number of H-pyrrole nitrogens is 2. The van der Waals surface area contributed by atoms with E-state index in [0.717, 1.165) is 56.2 Å². The van der Waals surface area contributed by atoms with Crippen LogP contribution in [0.3, 0.4) is 0 Å². The van der Waals surface area contributed by atoms with E-state index in [0.29, 0.717) is 11.1 Å². The number of nitrogens with zero attached hydrogens (tertiary/aromatic N) is 2. The van der Waals surface area contributed by atoms with E-state index >= 15 is 0 Å². The van der Waals surface area contributed by atoms with Crippen molar-refractivity contribution in [3.05, 3.63) is 133 Å². The van der Waals surface area contributed by atoms with Crippen molar-refractivity contribution in [3.8, 4) is 22.8 Å². The van der Waals surface area contributed by atoms with Crippen LogP contribution in [0, 0.1) is 0 Å². The van der Waals surface area contributed by atoms with Gasteiger partial charge in [0, 0.05) is 46.0 Å². The number of anilines is 2. The van der Waals surface area contributed by atoms with Crippen LogP contribution in [0.25, 0.3) is 44.8 Å². The molecule has 4 N–H and O–H groups in total. The Balaban J connectivity index is 1.08. The van der Waals surface area contributed by atoms with Gasteiger partial charge in [-0.15, -0.1) is 0 Å². The van der Waals surface area contributed by atoms with Crippen LogP contribution in [-0.4, -0.2) is 31.5 Å². The van der Waals surface area contributed by atoms with Crippen molar-refractivity contribution in [1.29, 1.82) is 0 Å². The number of hydrogen-bond donors (Lipinski definition) is 4. The monoisotopic (exact) mass is 548 g/mol. The summed E-state index contributed by atoms with van der Waals surface area (Å²) in [6.07, 6.45) is 17.2. The number of hydrogen-bond acceptors (Lipinski definition) is 6. The van der Waals surface area contributed by atoms with Gasteiger partial charge >= 0.3 is 0 Å². The fraction of sp³-hybridized carbons (Fsp3) is 0. The summed E-state index contributed by atoms with van der Waals surface area (Å²) in [6.45, 7) is 0. The van der Waals surface area contributed by atoms with Crippen molar-refractivity contribution in [3.63, 3.8) is 0 Å². The summed E-state index contributed by atoms with van der Waals surface area (Å²) in [6, 6.07) is 19.8. The summed E-state index contributed by atoms with van der Waals surface area (Å²) in [5.74, 6) is 1.47. The number of ketones is 2. The number of aromatic amines is 2.